The van der Waals surface area contributed by atoms with E-state index < -0.39 is 0 Å². The van der Waals surface area contributed by atoms with E-state index in [1.165, 1.54) is 6.54 Å². The molecule has 1 aromatic heterocycles. The van der Waals surface area contributed by atoms with Crippen LogP contribution in [0, 0.1) is 5.92 Å². The summed E-state index contributed by atoms with van der Waals surface area (Å²) >= 11 is 0. The normalized spacial score (nSPS) is 27.6. The Labute approximate surface area is 150 Å². The summed E-state index contributed by atoms with van der Waals surface area (Å²) in [6.07, 6.45) is 6.32. The van der Waals surface area contributed by atoms with Gasteiger partial charge in [0.05, 0.1) is 30.5 Å². The molecule has 7 heteroatoms. The monoisotopic (exact) mass is 347 g/mol. The van der Waals surface area contributed by atoms with Crippen molar-refractivity contribution in [3.8, 4) is 0 Å². The van der Waals surface area contributed by atoms with Crippen molar-refractivity contribution >= 4 is 12.6 Å². The highest BCUT2D eigenvalue weighted by Gasteiger charge is 2.52. The number of ether oxygens (including phenoxy) is 1. The van der Waals surface area contributed by atoms with Gasteiger partial charge in [0.2, 0.25) is 0 Å². The molecule has 6 nitrogen and oxygen atoms in total. The van der Waals surface area contributed by atoms with E-state index in [9.17, 15) is 0 Å². The van der Waals surface area contributed by atoms with E-state index in [1.54, 1.807) is 0 Å². The van der Waals surface area contributed by atoms with Crippen molar-refractivity contribution in [2.24, 2.45) is 5.92 Å². The average molecular weight is 347 g/mol. The smallest absolute Gasteiger partial charge is 0.399 e. The first-order chi connectivity index (χ1) is 11.8. The number of nitrogens with zero attached hydrogens (tertiary/aromatic N) is 3. The third-order valence-electron chi connectivity index (χ3n) is 6.30. The van der Waals surface area contributed by atoms with E-state index in [4.69, 9.17) is 14.0 Å². The fraction of sp³-hybridized carbons (Fsp3) is 0.833. The van der Waals surface area contributed by atoms with Gasteiger partial charge in [-0.15, -0.1) is 0 Å². The maximum Gasteiger partial charge on any atom is 0.498 e. The zero-order chi connectivity index (χ0) is 17.7. The van der Waals surface area contributed by atoms with Gasteiger partial charge in [0.15, 0.2) is 0 Å². The minimum absolute atomic E-state index is 0.309. The Balaban J connectivity index is 1.34. The molecule has 4 heterocycles. The molecule has 3 saturated heterocycles. The van der Waals surface area contributed by atoms with Gasteiger partial charge in [0.25, 0.3) is 0 Å². The maximum absolute atomic E-state index is 6.13. The molecule has 138 valence electrons. The van der Waals surface area contributed by atoms with Gasteiger partial charge in [-0.1, -0.05) is 0 Å². The van der Waals surface area contributed by atoms with Gasteiger partial charge in [-0.05, 0) is 40.5 Å². The molecule has 0 unspecified atom stereocenters. The zero-order valence-corrected chi connectivity index (χ0v) is 15.9. The van der Waals surface area contributed by atoms with Gasteiger partial charge < -0.3 is 18.9 Å². The number of piperidine rings is 1. The second kappa shape index (κ2) is 6.37. The van der Waals surface area contributed by atoms with Crippen LogP contribution < -0.4 is 5.46 Å². The lowest BCUT2D eigenvalue weighted by Crippen LogP contribution is -2.43. The van der Waals surface area contributed by atoms with E-state index in [2.05, 4.69) is 48.6 Å². The van der Waals surface area contributed by atoms with E-state index >= 15 is 0 Å². The molecule has 0 radical (unpaired) electrons. The van der Waals surface area contributed by atoms with Crippen molar-refractivity contribution in [3.05, 3.63) is 12.4 Å². The molecular formula is C18H30BN3O3. The van der Waals surface area contributed by atoms with Gasteiger partial charge in [-0.3, -0.25) is 4.68 Å². The van der Waals surface area contributed by atoms with E-state index in [0.717, 1.165) is 50.5 Å². The number of hydrogen-bond donors (Lipinski definition) is 0. The van der Waals surface area contributed by atoms with Crippen molar-refractivity contribution in [1.29, 1.82) is 0 Å². The summed E-state index contributed by atoms with van der Waals surface area (Å²) in [7, 11) is -0.322. The van der Waals surface area contributed by atoms with Gasteiger partial charge in [0, 0.05) is 43.4 Å². The fourth-order valence-corrected chi connectivity index (χ4v) is 3.77. The standard InChI is InChI=1S/C18H30BN3O3/c1-17(2)18(3,4)25-19(24-17)15-9-20-22(11-15)16-5-7-21(8-6-16)10-14-12-23-13-14/h9,11,14,16H,5-8,10,12-13H2,1-4H3. The molecular weight excluding hydrogens is 317 g/mol. The topological polar surface area (TPSA) is 48.8 Å². The molecule has 3 fully saturated rings. The SMILES string of the molecule is CC1(C)OB(c2cnn(C3CCN(CC4COC4)CC3)c2)OC1(C)C. The fourth-order valence-electron chi connectivity index (χ4n) is 3.77. The van der Waals surface area contributed by atoms with Crippen LogP contribution in [0.3, 0.4) is 0 Å². The zero-order valence-electron chi connectivity index (χ0n) is 15.9. The molecule has 0 amide bonds. The molecule has 0 aliphatic carbocycles. The molecule has 4 rings (SSSR count). The van der Waals surface area contributed by atoms with E-state index in [1.807, 2.05) is 6.20 Å². The van der Waals surface area contributed by atoms with Crippen LogP contribution in [0.5, 0.6) is 0 Å². The van der Waals surface area contributed by atoms with Crippen LogP contribution in [-0.2, 0) is 14.0 Å². The minimum atomic E-state index is -0.322. The molecule has 3 aliphatic rings. The Morgan fingerprint density at radius 2 is 1.76 bits per heavy atom. The highest BCUT2D eigenvalue weighted by Crippen LogP contribution is 2.36. The summed E-state index contributed by atoms with van der Waals surface area (Å²) in [5.41, 5.74) is 0.403. The first-order valence-electron chi connectivity index (χ1n) is 9.54. The van der Waals surface area contributed by atoms with Crippen LogP contribution in [0.15, 0.2) is 12.4 Å². The molecule has 0 saturated carbocycles. The Hall–Kier alpha value is -0.885. The molecule has 3 aliphatic heterocycles. The molecule has 1 aromatic rings. The average Bonchev–Trinajstić information content (AvgIpc) is 3.07. The van der Waals surface area contributed by atoms with Crippen LogP contribution >= 0.6 is 0 Å². The lowest BCUT2D eigenvalue weighted by Gasteiger charge is -2.36. The van der Waals surface area contributed by atoms with Crippen LogP contribution in [0.25, 0.3) is 0 Å². The quantitative estimate of drug-likeness (QED) is 0.772. The third-order valence-corrected chi connectivity index (χ3v) is 6.30. The minimum Gasteiger partial charge on any atom is -0.399 e. The Morgan fingerprint density at radius 3 is 2.32 bits per heavy atom. The number of likely N-dealkylation sites (tertiary alicyclic amines) is 1. The molecule has 25 heavy (non-hydrogen) atoms. The first-order valence-corrected chi connectivity index (χ1v) is 9.54. The summed E-state index contributed by atoms with van der Waals surface area (Å²) in [5, 5.41) is 4.61. The Morgan fingerprint density at radius 1 is 1.12 bits per heavy atom. The van der Waals surface area contributed by atoms with Gasteiger partial charge in [-0.2, -0.15) is 5.10 Å². The van der Waals surface area contributed by atoms with Crippen LogP contribution in [0.4, 0.5) is 0 Å². The summed E-state index contributed by atoms with van der Waals surface area (Å²) < 4.78 is 19.7. The molecule has 0 aromatic carbocycles. The Bertz CT molecular complexity index is 590. The van der Waals surface area contributed by atoms with Crippen molar-refractivity contribution in [2.75, 3.05) is 32.8 Å². The summed E-state index contributed by atoms with van der Waals surface area (Å²) in [5.74, 6) is 0.747. The van der Waals surface area contributed by atoms with Gasteiger partial charge in [-0.25, -0.2) is 0 Å². The van der Waals surface area contributed by atoms with E-state index in [0.29, 0.717) is 6.04 Å². The number of rotatable bonds is 4. The second-order valence-electron chi connectivity index (χ2n) is 8.78. The number of aromatic nitrogens is 2. The molecule has 0 N–H and O–H groups in total. The summed E-state index contributed by atoms with van der Waals surface area (Å²) in [6, 6.07) is 0.477. The molecule has 0 spiro atoms. The molecule has 0 atom stereocenters. The highest BCUT2D eigenvalue weighted by molar-refractivity contribution is 6.62. The largest absolute Gasteiger partial charge is 0.498 e. The van der Waals surface area contributed by atoms with Gasteiger partial charge in [0.1, 0.15) is 0 Å². The van der Waals surface area contributed by atoms with Crippen molar-refractivity contribution in [2.45, 2.75) is 57.8 Å². The maximum atomic E-state index is 6.13. The lowest BCUT2D eigenvalue weighted by atomic mass is 9.82. The van der Waals surface area contributed by atoms with Crippen molar-refractivity contribution in [1.82, 2.24) is 14.7 Å². The summed E-state index contributed by atoms with van der Waals surface area (Å²) in [6.45, 7) is 13.7. The Kier molecular flexibility index (Phi) is 4.47. The third kappa shape index (κ3) is 3.39. The van der Waals surface area contributed by atoms with Crippen LogP contribution in [0.2, 0.25) is 0 Å². The van der Waals surface area contributed by atoms with Crippen molar-refractivity contribution < 1.29 is 14.0 Å². The second-order valence-corrected chi connectivity index (χ2v) is 8.78. The van der Waals surface area contributed by atoms with Crippen LogP contribution in [-0.4, -0.2) is 65.8 Å². The first kappa shape index (κ1) is 17.5. The number of hydrogen-bond acceptors (Lipinski definition) is 5. The lowest BCUT2D eigenvalue weighted by molar-refractivity contribution is -0.0495. The predicted octanol–water partition coefficient (Wildman–Crippen LogP) is 1.47. The molecule has 0 bridgehead atoms. The van der Waals surface area contributed by atoms with Crippen LogP contribution in [0.1, 0.15) is 46.6 Å². The van der Waals surface area contributed by atoms with Gasteiger partial charge >= 0.3 is 7.12 Å². The summed E-state index contributed by atoms with van der Waals surface area (Å²) in [4.78, 5) is 2.57. The van der Waals surface area contributed by atoms with Crippen molar-refractivity contribution in [3.63, 3.8) is 0 Å². The highest BCUT2D eigenvalue weighted by atomic mass is 16.7. The predicted molar refractivity (Wildman–Crippen MR) is 97.0 cm³/mol. The van der Waals surface area contributed by atoms with E-state index in [-0.39, 0.29) is 18.3 Å².